The molecule has 2 aliphatic rings. The SMILES string of the molecule is CCCC(=O)Nc1c(C)cc(C)c(Nc2ccc3c(-c4ccccc4S(=O)(=O)O)c4cc(S(=O)(=O)O)c(=Nc5c(C)cc(C)c(NC=O)c5C)cc-4oc3c2)c1C. The fourth-order valence-corrected chi connectivity index (χ4v) is 8.69. The van der Waals surface area contributed by atoms with Crippen molar-refractivity contribution in [2.45, 2.75) is 71.1 Å². The molecule has 0 saturated heterocycles. The minimum Gasteiger partial charge on any atom is -0.456 e. The van der Waals surface area contributed by atoms with Crippen molar-refractivity contribution in [1.29, 1.82) is 0 Å². The van der Waals surface area contributed by atoms with E-state index in [-0.39, 0.29) is 39.3 Å². The van der Waals surface area contributed by atoms with Crippen molar-refractivity contribution in [3.8, 4) is 22.5 Å². The monoisotopic (exact) mass is 810 g/mol. The van der Waals surface area contributed by atoms with Crippen molar-refractivity contribution in [3.63, 3.8) is 0 Å². The number of carbonyl (C=O) groups is 2. The highest BCUT2D eigenvalue weighted by atomic mass is 32.2. The third-order valence-electron chi connectivity index (χ3n) is 9.86. The fraction of sp³-hybridized carbons (Fsp3) is 0.214. The molecule has 0 radical (unpaired) electrons. The van der Waals surface area contributed by atoms with Crippen molar-refractivity contribution in [2.75, 3.05) is 16.0 Å². The van der Waals surface area contributed by atoms with E-state index in [0.717, 1.165) is 34.0 Å². The van der Waals surface area contributed by atoms with Crippen LogP contribution in [0.15, 0.2) is 85.9 Å². The molecule has 0 atom stereocenters. The van der Waals surface area contributed by atoms with Gasteiger partial charge in [-0.05, 0) is 106 Å². The van der Waals surface area contributed by atoms with E-state index >= 15 is 0 Å². The van der Waals surface area contributed by atoms with Gasteiger partial charge in [-0.2, -0.15) is 16.8 Å². The van der Waals surface area contributed by atoms with Crippen LogP contribution >= 0.6 is 0 Å². The molecule has 4 aromatic carbocycles. The summed E-state index contributed by atoms with van der Waals surface area (Å²) in [5.74, 6) is -0.0233. The Balaban J connectivity index is 1.67. The molecule has 1 aliphatic carbocycles. The summed E-state index contributed by atoms with van der Waals surface area (Å²) in [7, 11) is -9.76. The Morgan fingerprint density at radius 3 is 2.07 bits per heavy atom. The van der Waals surface area contributed by atoms with E-state index in [0.29, 0.717) is 58.5 Å². The summed E-state index contributed by atoms with van der Waals surface area (Å²) >= 11 is 0. The third kappa shape index (κ3) is 8.05. The summed E-state index contributed by atoms with van der Waals surface area (Å²) in [5, 5.41) is 9.30. The first-order valence-electron chi connectivity index (χ1n) is 18.0. The summed E-state index contributed by atoms with van der Waals surface area (Å²) in [5.41, 5.74) is 8.02. The highest BCUT2D eigenvalue weighted by Gasteiger charge is 2.27. The Labute approximate surface area is 330 Å². The molecule has 57 heavy (non-hydrogen) atoms. The van der Waals surface area contributed by atoms with Gasteiger partial charge in [-0.3, -0.25) is 18.7 Å². The number of rotatable bonds is 11. The number of benzene rings is 5. The third-order valence-corrected chi connectivity index (χ3v) is 11.7. The predicted molar refractivity (Wildman–Crippen MR) is 221 cm³/mol. The molecule has 0 unspecified atom stereocenters. The van der Waals surface area contributed by atoms with Crippen LogP contribution in [0.4, 0.5) is 28.4 Å². The van der Waals surface area contributed by atoms with E-state index in [1.165, 1.54) is 24.3 Å². The Hall–Kier alpha value is -5.87. The lowest BCUT2D eigenvalue weighted by Gasteiger charge is -2.21. The number of fused-ring (bicyclic) bond motifs is 2. The molecule has 0 fully saturated rings. The van der Waals surface area contributed by atoms with Gasteiger partial charge in [-0.1, -0.05) is 37.3 Å². The number of nitrogens with zero attached hydrogens (tertiary/aromatic N) is 1. The van der Waals surface area contributed by atoms with Crippen LogP contribution in [0.3, 0.4) is 0 Å². The van der Waals surface area contributed by atoms with Crippen molar-refractivity contribution in [2.24, 2.45) is 4.99 Å². The largest absolute Gasteiger partial charge is 0.456 e. The zero-order chi connectivity index (χ0) is 41.6. The number of hydrogen-bond donors (Lipinski definition) is 5. The topological polar surface area (TPSA) is 204 Å². The van der Waals surface area contributed by atoms with Crippen molar-refractivity contribution in [1.82, 2.24) is 0 Å². The van der Waals surface area contributed by atoms with Crippen LogP contribution in [-0.2, 0) is 29.8 Å². The van der Waals surface area contributed by atoms with E-state index in [1.54, 1.807) is 51.1 Å². The smallest absolute Gasteiger partial charge is 0.296 e. The average Bonchev–Trinajstić information content (AvgIpc) is 3.13. The van der Waals surface area contributed by atoms with Gasteiger partial charge in [0.15, 0.2) is 0 Å². The van der Waals surface area contributed by atoms with Crippen LogP contribution in [-0.4, -0.2) is 38.3 Å². The molecule has 0 bridgehead atoms. The molecule has 13 nitrogen and oxygen atoms in total. The highest BCUT2D eigenvalue weighted by molar-refractivity contribution is 7.86. The Morgan fingerprint density at radius 2 is 1.40 bits per heavy atom. The van der Waals surface area contributed by atoms with Crippen LogP contribution < -0.4 is 21.3 Å². The Bertz CT molecular complexity index is 2900. The first-order chi connectivity index (χ1) is 26.8. The summed E-state index contributed by atoms with van der Waals surface area (Å²) in [6, 6.07) is 17.1. The highest BCUT2D eigenvalue weighted by Crippen LogP contribution is 2.44. The Kier molecular flexibility index (Phi) is 11.1. The number of amides is 2. The molecule has 15 heteroatoms. The normalized spacial score (nSPS) is 12.3. The van der Waals surface area contributed by atoms with Crippen molar-refractivity contribution >= 4 is 72.0 Å². The maximum Gasteiger partial charge on any atom is 0.296 e. The number of anilines is 4. The second-order valence-electron chi connectivity index (χ2n) is 14.0. The van der Waals surface area contributed by atoms with Crippen LogP contribution in [0.5, 0.6) is 0 Å². The number of nitrogens with one attached hydrogen (secondary N) is 3. The summed E-state index contributed by atoms with van der Waals surface area (Å²) in [4.78, 5) is 27.7. The quantitative estimate of drug-likeness (QED) is 0.0478. The van der Waals surface area contributed by atoms with Crippen LogP contribution in [0, 0.1) is 41.5 Å². The molecular formula is C42H42N4O9S2. The lowest BCUT2D eigenvalue weighted by Crippen LogP contribution is -2.16. The zero-order valence-corrected chi connectivity index (χ0v) is 34.0. The molecule has 296 valence electrons. The molecule has 2 amide bonds. The van der Waals surface area contributed by atoms with Gasteiger partial charge in [-0.25, -0.2) is 4.99 Å². The second kappa shape index (κ2) is 15.6. The molecule has 5 N–H and O–H groups in total. The predicted octanol–water partition coefficient (Wildman–Crippen LogP) is 8.83. The summed E-state index contributed by atoms with van der Waals surface area (Å²) in [6.07, 6.45) is 1.60. The standard InChI is InChI=1S/C42H42N4O9S2/c1-8-11-37(48)46-42-25(5)17-23(3)40(27(42)7)44-28-14-15-29-33(18-28)55-34-20-32(45-41-24(4)16-22(2)39(26(41)6)43-21-47)36(57(52,53)54)19-31(34)38(29)30-12-9-10-13-35(30)56(49,50)51/h9-10,12-21,44H,8,11H2,1-7H3,(H,43,47)(H,46,48)(H,49,50,51)(H,52,53,54). The van der Waals surface area contributed by atoms with E-state index < -0.39 is 30.0 Å². The minimum atomic E-state index is -4.97. The van der Waals surface area contributed by atoms with E-state index in [4.69, 9.17) is 4.42 Å². The van der Waals surface area contributed by atoms with Crippen LogP contribution in [0.25, 0.3) is 33.4 Å². The van der Waals surface area contributed by atoms with E-state index in [2.05, 4.69) is 20.9 Å². The average molecular weight is 811 g/mol. The van der Waals surface area contributed by atoms with Gasteiger partial charge in [-0.15, -0.1) is 0 Å². The summed E-state index contributed by atoms with van der Waals surface area (Å²) < 4.78 is 79.0. The van der Waals surface area contributed by atoms with Gasteiger partial charge in [0.1, 0.15) is 21.1 Å². The molecule has 1 aliphatic heterocycles. The molecular weight excluding hydrogens is 769 g/mol. The van der Waals surface area contributed by atoms with Gasteiger partial charge >= 0.3 is 0 Å². The lowest BCUT2D eigenvalue weighted by molar-refractivity contribution is -0.116. The van der Waals surface area contributed by atoms with Gasteiger partial charge < -0.3 is 20.4 Å². The number of carbonyl (C=O) groups excluding carboxylic acids is 2. The lowest BCUT2D eigenvalue weighted by atomic mass is 9.93. The Morgan fingerprint density at radius 1 is 0.754 bits per heavy atom. The van der Waals surface area contributed by atoms with Gasteiger partial charge in [0.05, 0.1) is 11.0 Å². The second-order valence-corrected chi connectivity index (χ2v) is 16.8. The molecule has 0 saturated carbocycles. The molecule has 0 aromatic heterocycles. The molecule has 4 aromatic rings. The van der Waals surface area contributed by atoms with Crippen molar-refractivity contribution < 1.29 is 39.9 Å². The minimum absolute atomic E-state index is 0.0463. The molecule has 0 spiro atoms. The van der Waals surface area contributed by atoms with Gasteiger partial charge in [0.25, 0.3) is 20.2 Å². The number of hydrogen-bond acceptors (Lipinski definition) is 9. The summed E-state index contributed by atoms with van der Waals surface area (Å²) in [6.45, 7) is 13.0. The van der Waals surface area contributed by atoms with Crippen molar-refractivity contribution in [3.05, 3.63) is 105 Å². The zero-order valence-electron chi connectivity index (χ0n) is 32.4. The maximum atomic E-state index is 13.1. The van der Waals surface area contributed by atoms with Gasteiger partial charge in [0, 0.05) is 63.4 Å². The van der Waals surface area contributed by atoms with E-state index in [9.17, 15) is 35.5 Å². The first-order valence-corrected chi connectivity index (χ1v) is 20.8. The van der Waals surface area contributed by atoms with Crippen LogP contribution in [0.1, 0.15) is 53.1 Å². The fourth-order valence-electron chi connectivity index (χ4n) is 7.36. The first kappa shape index (κ1) is 40.8. The molecule has 6 rings (SSSR count). The number of aryl methyl sites for hydroxylation is 4. The van der Waals surface area contributed by atoms with E-state index in [1.807, 2.05) is 33.8 Å². The molecule has 1 heterocycles. The van der Waals surface area contributed by atoms with Gasteiger partial charge in [0.2, 0.25) is 12.3 Å². The maximum absolute atomic E-state index is 13.1. The van der Waals surface area contributed by atoms with Crippen LogP contribution in [0.2, 0.25) is 0 Å².